The zero-order valence-corrected chi connectivity index (χ0v) is 13.1. The molecule has 0 fully saturated rings. The molecule has 0 bridgehead atoms. The predicted octanol–water partition coefficient (Wildman–Crippen LogP) is 4.11. The van der Waals surface area contributed by atoms with E-state index in [0.717, 1.165) is 11.0 Å². The molecule has 9 heteroatoms. The number of imidazole rings is 1. The molecule has 0 saturated heterocycles. The Morgan fingerprint density at radius 3 is 2.79 bits per heavy atom. The molecule has 0 aliphatic heterocycles. The van der Waals surface area contributed by atoms with E-state index in [-0.39, 0.29) is 12.4 Å². The Morgan fingerprint density at radius 1 is 1.17 bits per heavy atom. The Bertz CT molecular complexity index is 846. The van der Waals surface area contributed by atoms with Crippen molar-refractivity contribution >= 4 is 28.6 Å². The molecule has 2 N–H and O–H groups in total. The number of nitrogens with one attached hydrogen (secondary N) is 2. The third kappa shape index (κ3) is 4.35. The third-order valence-corrected chi connectivity index (χ3v) is 3.52. The molecule has 126 valence electrons. The number of hydrogen-bond acceptors (Lipinski definition) is 4. The van der Waals surface area contributed by atoms with E-state index in [2.05, 4.69) is 25.3 Å². The van der Waals surface area contributed by atoms with Crippen molar-refractivity contribution in [2.75, 3.05) is 5.32 Å². The van der Waals surface area contributed by atoms with Gasteiger partial charge in [-0.2, -0.15) is 13.2 Å². The van der Waals surface area contributed by atoms with E-state index in [0.29, 0.717) is 23.1 Å². The Kier molecular flexibility index (Phi) is 4.57. The van der Waals surface area contributed by atoms with Gasteiger partial charge in [0.25, 0.3) is 0 Å². The quantitative estimate of drug-likeness (QED) is 0.722. The lowest BCUT2D eigenvalue weighted by Crippen LogP contribution is -2.10. The van der Waals surface area contributed by atoms with Crippen LogP contribution in [0.3, 0.4) is 0 Å². The summed E-state index contributed by atoms with van der Waals surface area (Å²) in [4.78, 5) is 15.6. The topological polar surface area (TPSA) is 66.5 Å². The minimum Gasteiger partial charge on any atom is -0.347 e. The monoisotopic (exact) mass is 355 g/mol. The molecule has 0 unspecified atom stereocenters. The van der Waals surface area contributed by atoms with Crippen LogP contribution in [0.15, 0.2) is 30.5 Å². The van der Waals surface area contributed by atoms with E-state index in [1.807, 2.05) is 0 Å². The number of aromatic amines is 1. The molecule has 0 spiro atoms. The minimum atomic E-state index is -4.20. The van der Waals surface area contributed by atoms with Gasteiger partial charge in [-0.1, -0.05) is 11.6 Å². The van der Waals surface area contributed by atoms with Gasteiger partial charge in [0, 0.05) is 23.3 Å². The smallest absolute Gasteiger partial charge is 0.347 e. The van der Waals surface area contributed by atoms with E-state index in [9.17, 15) is 13.2 Å². The van der Waals surface area contributed by atoms with Crippen LogP contribution in [0.5, 0.6) is 0 Å². The summed E-state index contributed by atoms with van der Waals surface area (Å²) in [5, 5.41) is 3.55. The Morgan fingerprint density at radius 2 is 2.00 bits per heavy atom. The number of aromatic nitrogens is 4. The van der Waals surface area contributed by atoms with Gasteiger partial charge in [0.05, 0.1) is 17.6 Å². The highest BCUT2D eigenvalue weighted by atomic mass is 35.5. The summed E-state index contributed by atoms with van der Waals surface area (Å²) in [6.07, 6.45) is -3.86. The summed E-state index contributed by atoms with van der Waals surface area (Å²) in [6.45, 7) is 0.315. The molecule has 0 aliphatic rings. The first-order valence-electron chi connectivity index (χ1n) is 7.16. The van der Waals surface area contributed by atoms with E-state index < -0.39 is 12.6 Å². The molecule has 24 heavy (non-hydrogen) atoms. The first-order chi connectivity index (χ1) is 11.4. The second-order valence-corrected chi connectivity index (χ2v) is 5.62. The second-order valence-electron chi connectivity index (χ2n) is 5.19. The largest absolute Gasteiger partial charge is 0.389 e. The Labute approximate surface area is 140 Å². The number of hydrogen-bond donors (Lipinski definition) is 2. The normalized spacial score (nSPS) is 11.8. The van der Waals surface area contributed by atoms with Crippen molar-refractivity contribution in [3.63, 3.8) is 0 Å². The van der Waals surface area contributed by atoms with Crippen molar-refractivity contribution in [1.29, 1.82) is 0 Å². The van der Waals surface area contributed by atoms with Gasteiger partial charge in [-0.3, -0.25) is 0 Å². The highest BCUT2D eigenvalue weighted by molar-refractivity contribution is 6.31. The number of benzene rings is 1. The van der Waals surface area contributed by atoms with Crippen LogP contribution in [-0.4, -0.2) is 26.1 Å². The summed E-state index contributed by atoms with van der Waals surface area (Å²) in [5.41, 5.74) is 1.91. The van der Waals surface area contributed by atoms with Gasteiger partial charge in [0.2, 0.25) is 5.95 Å². The van der Waals surface area contributed by atoms with Crippen molar-refractivity contribution in [1.82, 2.24) is 19.9 Å². The van der Waals surface area contributed by atoms with E-state index in [1.54, 1.807) is 18.2 Å². The maximum atomic E-state index is 12.3. The van der Waals surface area contributed by atoms with Crippen LogP contribution >= 0.6 is 11.6 Å². The fraction of sp³-hybridized carbons (Fsp3) is 0.267. The number of alkyl halides is 3. The molecule has 5 nitrogen and oxygen atoms in total. The highest BCUT2D eigenvalue weighted by Gasteiger charge is 2.26. The highest BCUT2D eigenvalue weighted by Crippen LogP contribution is 2.21. The second kappa shape index (κ2) is 6.64. The van der Waals surface area contributed by atoms with Crippen molar-refractivity contribution in [3.8, 4) is 0 Å². The van der Waals surface area contributed by atoms with Gasteiger partial charge < -0.3 is 10.3 Å². The number of aryl methyl sites for hydroxylation is 1. The summed E-state index contributed by atoms with van der Waals surface area (Å²) in [7, 11) is 0. The summed E-state index contributed by atoms with van der Waals surface area (Å²) in [5.74, 6) is 0.907. The zero-order valence-electron chi connectivity index (χ0n) is 12.4. The number of anilines is 1. The lowest BCUT2D eigenvalue weighted by atomic mass is 10.2. The summed E-state index contributed by atoms with van der Waals surface area (Å²) in [6, 6.07) is 6.78. The van der Waals surface area contributed by atoms with Gasteiger partial charge in [-0.15, -0.1) is 0 Å². The molecule has 0 radical (unpaired) electrons. The first kappa shape index (κ1) is 16.5. The number of rotatable bonds is 5. The molecular weight excluding hydrogens is 343 g/mol. The van der Waals surface area contributed by atoms with Gasteiger partial charge in [0.1, 0.15) is 5.82 Å². The molecule has 0 aliphatic carbocycles. The number of H-pyrrole nitrogens is 1. The maximum Gasteiger partial charge on any atom is 0.389 e. The van der Waals surface area contributed by atoms with Crippen LogP contribution in [0.1, 0.15) is 17.9 Å². The van der Waals surface area contributed by atoms with Crippen LogP contribution in [-0.2, 0) is 13.0 Å². The molecule has 3 rings (SSSR count). The van der Waals surface area contributed by atoms with Crippen molar-refractivity contribution in [2.45, 2.75) is 25.6 Å². The number of nitrogens with zero attached hydrogens (tertiary/aromatic N) is 3. The van der Waals surface area contributed by atoms with Crippen LogP contribution in [0, 0.1) is 0 Å². The first-order valence-corrected chi connectivity index (χ1v) is 7.53. The van der Waals surface area contributed by atoms with Crippen LogP contribution in [0.4, 0.5) is 19.1 Å². The van der Waals surface area contributed by atoms with Crippen LogP contribution in [0.25, 0.3) is 11.0 Å². The number of halogens is 4. The molecule has 0 atom stereocenters. The molecule has 2 heterocycles. The van der Waals surface area contributed by atoms with E-state index >= 15 is 0 Å². The molecular formula is C15H13ClF3N5. The Balaban J connectivity index is 1.65. The maximum absolute atomic E-state index is 12.3. The van der Waals surface area contributed by atoms with Crippen LogP contribution < -0.4 is 5.32 Å². The third-order valence-electron chi connectivity index (χ3n) is 3.28. The molecule has 3 aromatic rings. The SMILES string of the molecule is FC(F)(F)CCc1ccnc(NCc2nc3ccc(Cl)cc3[nH]2)n1. The average molecular weight is 356 g/mol. The van der Waals surface area contributed by atoms with Gasteiger partial charge in [-0.05, 0) is 30.7 Å². The van der Waals surface area contributed by atoms with E-state index in [1.165, 1.54) is 12.3 Å². The van der Waals surface area contributed by atoms with Gasteiger partial charge >= 0.3 is 6.18 Å². The molecule has 1 aromatic carbocycles. The fourth-order valence-electron chi connectivity index (χ4n) is 2.17. The van der Waals surface area contributed by atoms with E-state index in [4.69, 9.17) is 11.6 Å². The fourth-order valence-corrected chi connectivity index (χ4v) is 2.34. The van der Waals surface area contributed by atoms with Crippen LogP contribution in [0.2, 0.25) is 5.02 Å². The summed E-state index contributed by atoms with van der Waals surface area (Å²) < 4.78 is 36.8. The molecule has 0 saturated carbocycles. The van der Waals surface area contributed by atoms with Crippen molar-refractivity contribution in [3.05, 3.63) is 47.0 Å². The average Bonchev–Trinajstić information content (AvgIpc) is 2.93. The predicted molar refractivity (Wildman–Crippen MR) is 84.8 cm³/mol. The summed E-state index contributed by atoms with van der Waals surface area (Å²) >= 11 is 5.92. The standard InChI is InChI=1S/C15H13ClF3N5/c16-9-1-2-11-12(7-9)24-13(23-11)8-21-14-20-6-4-10(22-14)3-5-15(17,18)19/h1-2,4,6-7H,3,5,8H2,(H,23,24)(H,20,21,22). The number of fused-ring (bicyclic) bond motifs is 1. The van der Waals surface area contributed by atoms with Gasteiger partial charge in [-0.25, -0.2) is 15.0 Å². The lowest BCUT2D eigenvalue weighted by Gasteiger charge is -2.07. The van der Waals surface area contributed by atoms with Gasteiger partial charge in [0.15, 0.2) is 0 Å². The van der Waals surface area contributed by atoms with Crippen molar-refractivity contribution in [2.24, 2.45) is 0 Å². The molecule has 2 aromatic heterocycles. The zero-order chi connectivity index (χ0) is 17.2. The molecule has 0 amide bonds. The van der Waals surface area contributed by atoms with Crippen molar-refractivity contribution < 1.29 is 13.2 Å². The lowest BCUT2D eigenvalue weighted by molar-refractivity contribution is -0.134. The minimum absolute atomic E-state index is 0.177. The Hall–Kier alpha value is -2.35.